The van der Waals surface area contributed by atoms with Gasteiger partial charge in [-0.2, -0.15) is 0 Å². The number of likely N-dealkylation sites (tertiary alicyclic amines) is 1. The number of hydrogen-bond donors (Lipinski definition) is 1. The number of fused-ring (bicyclic) bond motifs is 1. The number of carbonyl (C=O) groups is 1. The third-order valence-corrected chi connectivity index (χ3v) is 6.88. The Labute approximate surface area is 180 Å². The third kappa shape index (κ3) is 4.15. The fourth-order valence-electron chi connectivity index (χ4n) is 5.11. The quantitative estimate of drug-likeness (QED) is 0.797. The van der Waals surface area contributed by atoms with Crippen LogP contribution < -0.4 is 5.32 Å². The van der Waals surface area contributed by atoms with E-state index in [-0.39, 0.29) is 30.8 Å². The highest BCUT2D eigenvalue weighted by Gasteiger charge is 2.42. The zero-order valence-corrected chi connectivity index (χ0v) is 17.7. The fraction of sp³-hybridized carbons (Fsp3) is 0.591. The highest BCUT2D eigenvalue weighted by Crippen LogP contribution is 2.37. The molecule has 166 valence electrons. The molecule has 1 aliphatic carbocycles. The van der Waals surface area contributed by atoms with E-state index in [4.69, 9.17) is 4.99 Å². The summed E-state index contributed by atoms with van der Waals surface area (Å²) in [5, 5.41) is 2.99. The minimum Gasteiger partial charge on any atom is -0.353 e. The summed E-state index contributed by atoms with van der Waals surface area (Å²) < 4.78 is 27.0. The van der Waals surface area contributed by atoms with Crippen molar-refractivity contribution in [2.24, 2.45) is 16.8 Å². The van der Waals surface area contributed by atoms with Crippen molar-refractivity contribution < 1.29 is 13.6 Å². The molecule has 0 bridgehead atoms. The van der Waals surface area contributed by atoms with E-state index < -0.39 is 5.92 Å². The Morgan fingerprint density at radius 2 is 2.03 bits per heavy atom. The Hall–Kier alpha value is -2.55. The van der Waals surface area contributed by atoms with Crippen LogP contribution in [0.25, 0.3) is 0 Å². The number of aromatic nitrogens is 1. The van der Waals surface area contributed by atoms with Gasteiger partial charge in [0.15, 0.2) is 5.82 Å². The van der Waals surface area contributed by atoms with Crippen molar-refractivity contribution in [1.82, 2.24) is 25.0 Å². The molecule has 1 N–H and O–H groups in total. The standard InChI is InChI=1S/C22H28F2N6O/c1-15-10-28(11-16-4-2-3-9-25-16)12-18(15)20-26-19-13-29(14-30(19)21(31)27-20)17-5-7-22(23,24)8-6-17/h2-4,9,13,15,17-18H,5-8,10-12,14H2,1H3,(H,26,27,31). The van der Waals surface area contributed by atoms with E-state index in [1.165, 1.54) is 0 Å². The molecule has 0 radical (unpaired) electrons. The van der Waals surface area contributed by atoms with Crippen LogP contribution in [0.5, 0.6) is 0 Å². The van der Waals surface area contributed by atoms with Crippen molar-refractivity contribution in [1.29, 1.82) is 0 Å². The number of amides is 2. The number of carbonyl (C=O) groups excluding carboxylic acids is 1. The number of pyridine rings is 1. The monoisotopic (exact) mass is 430 g/mol. The number of amidine groups is 1. The first-order valence-electron chi connectivity index (χ1n) is 11.0. The molecule has 1 saturated heterocycles. The zero-order chi connectivity index (χ0) is 21.6. The normalized spacial score (nSPS) is 28.9. The smallest absolute Gasteiger partial charge is 0.329 e. The topological polar surface area (TPSA) is 64.1 Å². The van der Waals surface area contributed by atoms with Crippen molar-refractivity contribution in [3.05, 3.63) is 42.1 Å². The molecule has 3 aliphatic heterocycles. The van der Waals surface area contributed by atoms with E-state index in [0.717, 1.165) is 25.3 Å². The van der Waals surface area contributed by atoms with Crippen LogP contribution in [-0.2, 0) is 6.54 Å². The molecule has 0 spiro atoms. The average molecular weight is 431 g/mol. The first-order valence-corrected chi connectivity index (χ1v) is 11.0. The Morgan fingerprint density at radius 3 is 2.77 bits per heavy atom. The molecule has 5 rings (SSSR count). The van der Waals surface area contributed by atoms with Gasteiger partial charge in [0.2, 0.25) is 5.92 Å². The maximum absolute atomic E-state index is 13.5. The molecule has 2 amide bonds. The van der Waals surface area contributed by atoms with Gasteiger partial charge in [0.25, 0.3) is 0 Å². The van der Waals surface area contributed by atoms with Crippen LogP contribution >= 0.6 is 0 Å². The summed E-state index contributed by atoms with van der Waals surface area (Å²) >= 11 is 0. The maximum atomic E-state index is 13.5. The largest absolute Gasteiger partial charge is 0.353 e. The van der Waals surface area contributed by atoms with Gasteiger partial charge < -0.3 is 4.90 Å². The number of nitrogens with one attached hydrogen (secondary N) is 1. The number of rotatable bonds is 4. The van der Waals surface area contributed by atoms with Gasteiger partial charge in [-0.3, -0.25) is 20.1 Å². The van der Waals surface area contributed by atoms with Crippen LogP contribution in [0.4, 0.5) is 13.6 Å². The van der Waals surface area contributed by atoms with E-state index in [9.17, 15) is 13.6 Å². The zero-order valence-electron chi connectivity index (χ0n) is 17.7. The highest BCUT2D eigenvalue weighted by molar-refractivity contribution is 6.02. The van der Waals surface area contributed by atoms with E-state index in [1.807, 2.05) is 29.3 Å². The average Bonchev–Trinajstić information content (AvgIpc) is 3.32. The van der Waals surface area contributed by atoms with Crippen LogP contribution in [0.3, 0.4) is 0 Å². The van der Waals surface area contributed by atoms with E-state index in [0.29, 0.717) is 37.1 Å². The van der Waals surface area contributed by atoms with E-state index in [2.05, 4.69) is 22.1 Å². The molecule has 2 atom stereocenters. The third-order valence-electron chi connectivity index (χ3n) is 6.88. The molecular formula is C22H28F2N6O. The molecule has 2 fully saturated rings. The second kappa shape index (κ2) is 7.85. The van der Waals surface area contributed by atoms with Gasteiger partial charge in [0, 0.05) is 56.8 Å². The summed E-state index contributed by atoms with van der Waals surface area (Å²) in [5.74, 6) is -0.739. The summed E-state index contributed by atoms with van der Waals surface area (Å²) in [4.78, 5) is 27.9. The number of aliphatic imine (C=N–C) groups is 1. The van der Waals surface area contributed by atoms with Crippen LogP contribution in [0.2, 0.25) is 0 Å². The molecule has 2 unspecified atom stereocenters. The molecule has 1 saturated carbocycles. The second-order valence-electron chi connectivity index (χ2n) is 9.18. The van der Waals surface area contributed by atoms with Crippen LogP contribution in [-0.4, -0.2) is 63.3 Å². The van der Waals surface area contributed by atoms with E-state index >= 15 is 0 Å². The number of alkyl halides is 2. The second-order valence-corrected chi connectivity index (χ2v) is 9.18. The lowest BCUT2D eigenvalue weighted by Crippen LogP contribution is -2.50. The molecule has 1 aromatic heterocycles. The first kappa shape index (κ1) is 20.4. The van der Waals surface area contributed by atoms with Gasteiger partial charge in [0.05, 0.1) is 5.69 Å². The van der Waals surface area contributed by atoms with Gasteiger partial charge in [-0.05, 0) is 30.9 Å². The summed E-state index contributed by atoms with van der Waals surface area (Å²) in [7, 11) is 0. The van der Waals surface area contributed by atoms with Crippen molar-refractivity contribution in [3.63, 3.8) is 0 Å². The fourth-order valence-corrected chi connectivity index (χ4v) is 5.11. The van der Waals surface area contributed by atoms with Crippen molar-refractivity contribution in [2.75, 3.05) is 19.8 Å². The Balaban J connectivity index is 1.28. The van der Waals surface area contributed by atoms with Gasteiger partial charge in [-0.25, -0.2) is 18.6 Å². The van der Waals surface area contributed by atoms with Crippen molar-refractivity contribution >= 4 is 11.9 Å². The molecule has 31 heavy (non-hydrogen) atoms. The number of halogens is 2. The van der Waals surface area contributed by atoms with Gasteiger partial charge in [-0.1, -0.05) is 13.0 Å². The lowest BCUT2D eigenvalue weighted by Gasteiger charge is -2.35. The highest BCUT2D eigenvalue weighted by atomic mass is 19.3. The summed E-state index contributed by atoms with van der Waals surface area (Å²) in [5.41, 5.74) is 1.03. The van der Waals surface area contributed by atoms with Crippen LogP contribution in [0.15, 0.2) is 41.4 Å². The summed E-state index contributed by atoms with van der Waals surface area (Å²) in [6.07, 6.45) is 4.36. The Bertz CT molecular complexity index is 895. The lowest BCUT2D eigenvalue weighted by molar-refractivity contribution is -0.0500. The molecule has 4 heterocycles. The van der Waals surface area contributed by atoms with Gasteiger partial charge in [0.1, 0.15) is 12.5 Å². The summed E-state index contributed by atoms with van der Waals surface area (Å²) in [6, 6.07) is 5.77. The predicted octanol–water partition coefficient (Wildman–Crippen LogP) is 3.22. The molecular weight excluding hydrogens is 402 g/mol. The van der Waals surface area contributed by atoms with Crippen molar-refractivity contribution in [3.8, 4) is 0 Å². The van der Waals surface area contributed by atoms with Gasteiger partial charge >= 0.3 is 6.03 Å². The molecule has 4 aliphatic rings. The van der Waals surface area contributed by atoms with Gasteiger partial charge in [-0.15, -0.1) is 0 Å². The predicted molar refractivity (Wildman–Crippen MR) is 112 cm³/mol. The summed E-state index contributed by atoms with van der Waals surface area (Å²) in [6.45, 7) is 5.06. The van der Waals surface area contributed by atoms with Crippen molar-refractivity contribution in [2.45, 2.75) is 51.1 Å². The lowest BCUT2D eigenvalue weighted by atomic mass is 9.91. The first-order chi connectivity index (χ1) is 14.9. The molecule has 1 aromatic rings. The van der Waals surface area contributed by atoms with Crippen LogP contribution in [0.1, 0.15) is 38.3 Å². The SMILES string of the molecule is CC1CN(Cc2ccccn2)CC1C1=NC2=CN(C3CCC(F)(F)CC3)CN2C(=O)N1. The maximum Gasteiger partial charge on any atom is 0.329 e. The number of hydrogen-bond acceptors (Lipinski definition) is 5. The Morgan fingerprint density at radius 1 is 1.23 bits per heavy atom. The van der Waals surface area contributed by atoms with E-state index in [1.54, 1.807) is 11.1 Å². The minimum atomic E-state index is -2.56. The minimum absolute atomic E-state index is 0.0310. The molecule has 9 heteroatoms. The number of urea groups is 1. The number of nitrogens with zero attached hydrogens (tertiary/aromatic N) is 5. The molecule has 0 aromatic carbocycles. The molecule has 7 nitrogen and oxygen atoms in total. The Kier molecular flexibility index (Phi) is 5.16. The van der Waals surface area contributed by atoms with Crippen LogP contribution in [0, 0.1) is 11.8 Å².